The molecule has 2 amide bonds. The van der Waals surface area contributed by atoms with Gasteiger partial charge >= 0.3 is 6.03 Å². The highest BCUT2D eigenvalue weighted by Crippen LogP contribution is 2.16. The van der Waals surface area contributed by atoms with Crippen molar-refractivity contribution in [2.45, 2.75) is 6.54 Å². The van der Waals surface area contributed by atoms with Gasteiger partial charge in [0.25, 0.3) is 0 Å². The van der Waals surface area contributed by atoms with Crippen molar-refractivity contribution in [2.75, 3.05) is 0 Å². The maximum absolute atomic E-state index is 10.6. The van der Waals surface area contributed by atoms with Crippen molar-refractivity contribution in [1.29, 1.82) is 0 Å². The third-order valence-corrected chi connectivity index (χ3v) is 2.14. The van der Waals surface area contributed by atoms with Crippen LogP contribution < -0.4 is 11.1 Å². The molecule has 1 aromatic heterocycles. The smallest absolute Gasteiger partial charge is 0.312 e. The van der Waals surface area contributed by atoms with Crippen LogP contribution in [-0.4, -0.2) is 11.0 Å². The second-order valence-electron chi connectivity index (χ2n) is 3.07. The summed E-state index contributed by atoms with van der Waals surface area (Å²) < 4.78 is 0. The van der Waals surface area contributed by atoms with E-state index < -0.39 is 6.03 Å². The fraction of sp³-hybridized carbons (Fsp3) is 0.100. The normalized spacial score (nSPS) is 10.3. The minimum absolute atomic E-state index is 0.463. The number of benzene rings is 1. The summed E-state index contributed by atoms with van der Waals surface area (Å²) in [5, 5.41) is 3.68. The Morgan fingerprint density at radius 1 is 1.43 bits per heavy atom. The molecule has 0 fully saturated rings. The number of aromatic amines is 1. The molecule has 1 aromatic carbocycles. The van der Waals surface area contributed by atoms with E-state index in [4.69, 9.17) is 5.73 Å². The Kier molecular flexibility index (Phi) is 2.10. The van der Waals surface area contributed by atoms with Crippen molar-refractivity contribution in [2.24, 2.45) is 5.73 Å². The largest absolute Gasteiger partial charge is 0.361 e. The average Bonchev–Trinajstić information content (AvgIpc) is 2.62. The molecule has 0 aliphatic heterocycles. The first kappa shape index (κ1) is 8.62. The van der Waals surface area contributed by atoms with Crippen LogP contribution in [0.25, 0.3) is 10.9 Å². The number of rotatable bonds is 2. The van der Waals surface area contributed by atoms with Crippen LogP contribution in [0.1, 0.15) is 5.56 Å². The number of nitrogens with two attached hydrogens (primary N) is 1. The van der Waals surface area contributed by atoms with E-state index in [1.54, 1.807) is 0 Å². The monoisotopic (exact) mass is 189 g/mol. The summed E-state index contributed by atoms with van der Waals surface area (Å²) in [6.45, 7) is 0.463. The van der Waals surface area contributed by atoms with Crippen LogP contribution in [0.15, 0.2) is 30.5 Å². The van der Waals surface area contributed by atoms with Gasteiger partial charge < -0.3 is 16.0 Å². The zero-order chi connectivity index (χ0) is 9.97. The molecule has 4 N–H and O–H groups in total. The van der Waals surface area contributed by atoms with Gasteiger partial charge in [-0.25, -0.2) is 4.79 Å². The molecule has 2 rings (SSSR count). The van der Waals surface area contributed by atoms with E-state index in [1.807, 2.05) is 30.5 Å². The number of hydrogen-bond donors (Lipinski definition) is 3. The molecule has 1 heterocycles. The van der Waals surface area contributed by atoms with Crippen molar-refractivity contribution >= 4 is 16.9 Å². The van der Waals surface area contributed by atoms with Gasteiger partial charge in [0.2, 0.25) is 0 Å². The number of nitrogens with one attached hydrogen (secondary N) is 2. The first-order valence-corrected chi connectivity index (χ1v) is 4.35. The van der Waals surface area contributed by atoms with Crippen LogP contribution in [0.3, 0.4) is 0 Å². The lowest BCUT2D eigenvalue weighted by molar-refractivity contribution is 0.248. The number of hydrogen-bond acceptors (Lipinski definition) is 1. The summed E-state index contributed by atoms with van der Waals surface area (Å²) in [7, 11) is 0. The van der Waals surface area contributed by atoms with Crippen molar-refractivity contribution in [3.05, 3.63) is 36.0 Å². The minimum atomic E-state index is -0.502. The standard InChI is InChI=1S/C10H11N3O/c11-10(14)13-6-7-2-1-3-9-8(7)4-5-12-9/h1-5,12H,6H2,(H3,11,13,14). The number of fused-ring (bicyclic) bond motifs is 1. The quantitative estimate of drug-likeness (QED) is 0.655. The summed E-state index contributed by atoms with van der Waals surface area (Å²) in [5.41, 5.74) is 7.12. The molecule has 14 heavy (non-hydrogen) atoms. The molecule has 0 bridgehead atoms. The highest BCUT2D eigenvalue weighted by atomic mass is 16.2. The predicted octanol–water partition coefficient (Wildman–Crippen LogP) is 1.34. The lowest BCUT2D eigenvalue weighted by Gasteiger charge is -2.03. The van der Waals surface area contributed by atoms with E-state index in [2.05, 4.69) is 10.3 Å². The van der Waals surface area contributed by atoms with Gasteiger partial charge in [-0.3, -0.25) is 0 Å². The highest BCUT2D eigenvalue weighted by Gasteiger charge is 2.01. The molecule has 0 aliphatic rings. The fourth-order valence-corrected chi connectivity index (χ4v) is 1.49. The number of primary amides is 1. The van der Waals surface area contributed by atoms with Crippen LogP contribution in [0, 0.1) is 0 Å². The lowest BCUT2D eigenvalue weighted by atomic mass is 10.1. The first-order valence-electron chi connectivity index (χ1n) is 4.35. The number of aromatic nitrogens is 1. The number of carbonyl (C=O) groups excluding carboxylic acids is 1. The molecule has 4 nitrogen and oxygen atoms in total. The first-order chi connectivity index (χ1) is 6.77. The van der Waals surface area contributed by atoms with Crippen LogP contribution in [0.5, 0.6) is 0 Å². The molecular formula is C10H11N3O. The van der Waals surface area contributed by atoms with E-state index in [9.17, 15) is 4.79 Å². The zero-order valence-electron chi connectivity index (χ0n) is 7.58. The van der Waals surface area contributed by atoms with Crippen LogP contribution in [0.2, 0.25) is 0 Å². The van der Waals surface area contributed by atoms with Gasteiger partial charge in [-0.2, -0.15) is 0 Å². The number of amides is 2. The molecule has 2 aromatic rings. The van der Waals surface area contributed by atoms with Gasteiger partial charge in [0.05, 0.1) is 0 Å². The number of carbonyl (C=O) groups is 1. The van der Waals surface area contributed by atoms with Crippen molar-refractivity contribution < 1.29 is 4.79 Å². The molecule has 0 spiro atoms. The van der Waals surface area contributed by atoms with E-state index in [-0.39, 0.29) is 0 Å². The summed E-state index contributed by atoms with van der Waals surface area (Å²) in [6, 6.07) is 7.37. The van der Waals surface area contributed by atoms with Gasteiger partial charge in [0.1, 0.15) is 0 Å². The maximum atomic E-state index is 10.6. The van der Waals surface area contributed by atoms with Crippen molar-refractivity contribution in [1.82, 2.24) is 10.3 Å². The van der Waals surface area contributed by atoms with Crippen LogP contribution in [0.4, 0.5) is 4.79 Å². The molecular weight excluding hydrogens is 178 g/mol. The fourth-order valence-electron chi connectivity index (χ4n) is 1.49. The summed E-state index contributed by atoms with van der Waals surface area (Å²) >= 11 is 0. The van der Waals surface area contributed by atoms with Crippen LogP contribution in [-0.2, 0) is 6.54 Å². The minimum Gasteiger partial charge on any atom is -0.361 e. The maximum Gasteiger partial charge on any atom is 0.312 e. The number of urea groups is 1. The Hall–Kier alpha value is -1.97. The third kappa shape index (κ3) is 1.54. The van der Waals surface area contributed by atoms with Gasteiger partial charge in [-0.05, 0) is 17.7 Å². The lowest BCUT2D eigenvalue weighted by Crippen LogP contribution is -2.28. The molecule has 4 heteroatoms. The van der Waals surface area contributed by atoms with E-state index >= 15 is 0 Å². The number of H-pyrrole nitrogens is 1. The molecule has 0 saturated carbocycles. The summed E-state index contributed by atoms with van der Waals surface area (Å²) in [6.07, 6.45) is 1.87. The average molecular weight is 189 g/mol. The molecule has 0 radical (unpaired) electrons. The Bertz CT molecular complexity index is 461. The second kappa shape index (κ2) is 3.41. The molecule has 0 aliphatic carbocycles. The van der Waals surface area contributed by atoms with Gasteiger partial charge in [-0.15, -0.1) is 0 Å². The highest BCUT2D eigenvalue weighted by molar-refractivity contribution is 5.83. The van der Waals surface area contributed by atoms with Crippen molar-refractivity contribution in [3.8, 4) is 0 Å². The van der Waals surface area contributed by atoms with Gasteiger partial charge in [0.15, 0.2) is 0 Å². The SMILES string of the molecule is NC(=O)NCc1cccc2[nH]ccc12. The predicted molar refractivity (Wildman–Crippen MR) is 54.7 cm³/mol. The Labute approximate surface area is 81.1 Å². The Morgan fingerprint density at radius 2 is 2.29 bits per heavy atom. The molecule has 0 saturated heterocycles. The Morgan fingerprint density at radius 3 is 3.07 bits per heavy atom. The van der Waals surface area contributed by atoms with Gasteiger partial charge in [0, 0.05) is 23.6 Å². The van der Waals surface area contributed by atoms with E-state index in [1.165, 1.54) is 0 Å². The molecule has 0 unspecified atom stereocenters. The summed E-state index contributed by atoms with van der Waals surface area (Å²) in [5.74, 6) is 0. The second-order valence-corrected chi connectivity index (χ2v) is 3.07. The van der Waals surface area contributed by atoms with E-state index in [0.717, 1.165) is 16.5 Å². The topological polar surface area (TPSA) is 70.9 Å². The summed E-state index contributed by atoms with van der Waals surface area (Å²) in [4.78, 5) is 13.7. The van der Waals surface area contributed by atoms with Crippen LogP contribution >= 0.6 is 0 Å². The van der Waals surface area contributed by atoms with Gasteiger partial charge in [-0.1, -0.05) is 12.1 Å². The zero-order valence-corrected chi connectivity index (χ0v) is 7.58. The van der Waals surface area contributed by atoms with Crippen molar-refractivity contribution in [3.63, 3.8) is 0 Å². The molecule has 72 valence electrons. The Balaban J connectivity index is 2.32. The molecule has 0 atom stereocenters. The van der Waals surface area contributed by atoms with E-state index in [0.29, 0.717) is 6.54 Å². The third-order valence-electron chi connectivity index (χ3n) is 2.14.